The van der Waals surface area contributed by atoms with Gasteiger partial charge < -0.3 is 24.7 Å². The van der Waals surface area contributed by atoms with Crippen LogP contribution in [-0.4, -0.2) is 52.2 Å². The second kappa shape index (κ2) is 11.6. The molecule has 0 spiro atoms. The third-order valence-corrected chi connectivity index (χ3v) is 6.44. The lowest BCUT2D eigenvalue weighted by molar-refractivity contribution is -0.124. The van der Waals surface area contributed by atoms with E-state index in [0.29, 0.717) is 29.9 Å². The second-order valence-corrected chi connectivity index (χ2v) is 10.0. The number of carbonyl (C=O) groups excluding carboxylic acids is 1. The number of rotatable bonds is 11. The van der Waals surface area contributed by atoms with Gasteiger partial charge in [0.2, 0.25) is 11.8 Å². The van der Waals surface area contributed by atoms with Gasteiger partial charge in [0.25, 0.3) is 5.89 Å². The first-order valence-corrected chi connectivity index (χ1v) is 12.3. The first-order chi connectivity index (χ1) is 16.2. The number of hydrogen-bond acceptors (Lipinski definition) is 8. The Balaban J connectivity index is 1.76. The molecule has 3 aromatic rings. The number of benzene rings is 1. The lowest BCUT2D eigenvalue weighted by Gasteiger charge is -2.17. The Morgan fingerprint density at radius 3 is 2.59 bits per heavy atom. The highest BCUT2D eigenvalue weighted by Gasteiger charge is 2.18. The maximum atomic E-state index is 11.1. The predicted octanol–water partition coefficient (Wildman–Crippen LogP) is 3.69. The van der Waals surface area contributed by atoms with Crippen molar-refractivity contribution in [1.29, 1.82) is 0 Å². The van der Waals surface area contributed by atoms with Gasteiger partial charge >= 0.3 is 0 Å². The van der Waals surface area contributed by atoms with E-state index in [-0.39, 0.29) is 13.2 Å². The molecule has 34 heavy (non-hydrogen) atoms. The lowest BCUT2D eigenvalue weighted by Crippen LogP contribution is -2.36. The molecule has 0 aliphatic rings. The largest absolute Gasteiger partial charge is 0.490 e. The highest BCUT2D eigenvalue weighted by Crippen LogP contribution is 2.35. The highest BCUT2D eigenvalue weighted by atomic mass is 32.1. The number of amides is 1. The van der Waals surface area contributed by atoms with E-state index in [4.69, 9.17) is 14.3 Å². The van der Waals surface area contributed by atoms with Crippen LogP contribution in [0.4, 0.5) is 0 Å². The van der Waals surface area contributed by atoms with E-state index >= 15 is 0 Å². The van der Waals surface area contributed by atoms with Gasteiger partial charge in [-0.25, -0.2) is 0 Å². The van der Waals surface area contributed by atoms with Gasteiger partial charge in [0.05, 0.1) is 4.88 Å². The third-order valence-electron chi connectivity index (χ3n) is 5.36. The standard InChI is InChI=1S/C25H33N3O5S/c1-6-17-9-19(8-15(4)23(17)32-13-20(30)11-26-22(31)12-29)24-27-28-25(33-24)21-10-18(7-14(2)3)16(5)34-21/h8-10,14,20,29-30H,6-7,11-13H2,1-5H3,(H,26,31). The molecule has 2 aromatic heterocycles. The Morgan fingerprint density at radius 2 is 1.91 bits per heavy atom. The lowest BCUT2D eigenvalue weighted by atomic mass is 10.0. The number of ether oxygens (including phenoxy) is 1. The maximum absolute atomic E-state index is 11.1. The van der Waals surface area contributed by atoms with Gasteiger partial charge in [-0.05, 0) is 67.5 Å². The van der Waals surface area contributed by atoms with E-state index in [1.165, 1.54) is 10.4 Å². The minimum atomic E-state index is -0.896. The molecule has 184 valence electrons. The summed E-state index contributed by atoms with van der Waals surface area (Å²) in [5, 5.41) is 29.8. The molecular formula is C25H33N3O5S. The zero-order valence-corrected chi connectivity index (χ0v) is 21.2. The number of aliphatic hydroxyl groups excluding tert-OH is 2. The van der Waals surface area contributed by atoms with Crippen molar-refractivity contribution in [3.05, 3.63) is 39.8 Å². The molecule has 0 saturated heterocycles. The summed E-state index contributed by atoms with van der Waals surface area (Å²) in [5.41, 5.74) is 3.96. The van der Waals surface area contributed by atoms with Crippen LogP contribution in [0.25, 0.3) is 22.2 Å². The Hall–Kier alpha value is -2.75. The molecule has 0 fully saturated rings. The molecule has 1 aromatic carbocycles. The van der Waals surface area contributed by atoms with Gasteiger partial charge in [0.1, 0.15) is 25.1 Å². The van der Waals surface area contributed by atoms with Crippen molar-refractivity contribution in [1.82, 2.24) is 15.5 Å². The summed E-state index contributed by atoms with van der Waals surface area (Å²) in [6.07, 6.45) is 0.838. The quantitative estimate of drug-likeness (QED) is 0.377. The number of nitrogens with zero attached hydrogens (tertiary/aromatic N) is 2. The van der Waals surface area contributed by atoms with E-state index in [0.717, 1.165) is 28.0 Å². The Labute approximate surface area is 204 Å². The van der Waals surface area contributed by atoms with Crippen LogP contribution in [0.3, 0.4) is 0 Å². The first-order valence-electron chi connectivity index (χ1n) is 11.5. The Bertz CT molecular complexity index is 1120. The van der Waals surface area contributed by atoms with Gasteiger partial charge in [0.15, 0.2) is 0 Å². The van der Waals surface area contributed by atoms with Crippen molar-refractivity contribution in [3.63, 3.8) is 0 Å². The third kappa shape index (κ3) is 6.43. The number of nitrogens with one attached hydrogen (secondary N) is 1. The van der Waals surface area contributed by atoms with Crippen LogP contribution in [0.2, 0.25) is 0 Å². The Kier molecular flexibility index (Phi) is 8.82. The van der Waals surface area contributed by atoms with Crippen LogP contribution in [0, 0.1) is 19.8 Å². The van der Waals surface area contributed by atoms with Crippen LogP contribution in [0.1, 0.15) is 42.3 Å². The summed E-state index contributed by atoms with van der Waals surface area (Å²) in [4.78, 5) is 13.4. The van der Waals surface area contributed by atoms with Gasteiger partial charge in [-0.3, -0.25) is 4.79 Å². The number of thiophene rings is 1. The molecule has 3 rings (SSSR count). The molecule has 9 heteroatoms. The number of carbonyl (C=O) groups is 1. The van der Waals surface area contributed by atoms with Gasteiger partial charge in [-0.15, -0.1) is 21.5 Å². The second-order valence-electron chi connectivity index (χ2n) is 8.76. The molecule has 0 aliphatic carbocycles. The van der Waals surface area contributed by atoms with Crippen molar-refractivity contribution >= 4 is 17.2 Å². The summed E-state index contributed by atoms with van der Waals surface area (Å²) in [6.45, 7) is 9.89. The fourth-order valence-corrected chi connectivity index (χ4v) is 4.65. The zero-order chi connectivity index (χ0) is 24.8. The number of hydrogen-bond donors (Lipinski definition) is 3. The molecular weight excluding hydrogens is 454 g/mol. The molecule has 0 bridgehead atoms. The van der Waals surface area contributed by atoms with Crippen molar-refractivity contribution in [2.45, 2.75) is 53.6 Å². The first kappa shape index (κ1) is 25.9. The van der Waals surface area contributed by atoms with E-state index < -0.39 is 18.6 Å². The monoisotopic (exact) mass is 487 g/mol. The van der Waals surface area contributed by atoms with Gasteiger partial charge in [0, 0.05) is 17.0 Å². The summed E-state index contributed by atoms with van der Waals surface area (Å²) >= 11 is 1.67. The molecule has 1 amide bonds. The topological polar surface area (TPSA) is 118 Å². The summed E-state index contributed by atoms with van der Waals surface area (Å²) in [7, 11) is 0. The smallest absolute Gasteiger partial charge is 0.258 e. The van der Waals surface area contributed by atoms with Crippen LogP contribution < -0.4 is 10.1 Å². The Morgan fingerprint density at radius 1 is 1.18 bits per heavy atom. The number of aryl methyl sites for hydroxylation is 3. The number of aromatic nitrogens is 2. The van der Waals surface area contributed by atoms with E-state index in [1.807, 2.05) is 26.0 Å². The van der Waals surface area contributed by atoms with Crippen LogP contribution in [0.5, 0.6) is 5.75 Å². The fourth-order valence-electron chi connectivity index (χ4n) is 3.67. The highest BCUT2D eigenvalue weighted by molar-refractivity contribution is 7.15. The minimum absolute atomic E-state index is 0.00379. The summed E-state index contributed by atoms with van der Waals surface area (Å²) in [6, 6.07) is 6.03. The zero-order valence-electron chi connectivity index (χ0n) is 20.3. The van der Waals surface area contributed by atoms with Gasteiger partial charge in [-0.1, -0.05) is 20.8 Å². The molecule has 1 unspecified atom stereocenters. The van der Waals surface area contributed by atoms with E-state index in [1.54, 1.807) is 11.3 Å². The average Bonchev–Trinajstić information content (AvgIpc) is 3.43. The van der Waals surface area contributed by atoms with Gasteiger partial charge in [-0.2, -0.15) is 0 Å². The van der Waals surface area contributed by atoms with Crippen molar-refractivity contribution in [2.75, 3.05) is 19.8 Å². The fraction of sp³-hybridized carbons (Fsp3) is 0.480. The van der Waals surface area contributed by atoms with Crippen molar-refractivity contribution in [3.8, 4) is 28.0 Å². The molecule has 8 nitrogen and oxygen atoms in total. The number of aliphatic hydroxyl groups is 2. The van der Waals surface area contributed by atoms with Crippen molar-refractivity contribution < 1.29 is 24.2 Å². The predicted molar refractivity (Wildman–Crippen MR) is 132 cm³/mol. The summed E-state index contributed by atoms with van der Waals surface area (Å²) < 4.78 is 11.9. The maximum Gasteiger partial charge on any atom is 0.258 e. The average molecular weight is 488 g/mol. The molecule has 1 atom stereocenters. The summed E-state index contributed by atoms with van der Waals surface area (Å²) in [5.74, 6) is 1.69. The molecule has 0 saturated carbocycles. The molecule has 0 radical (unpaired) electrons. The SMILES string of the molecule is CCc1cc(-c2nnc(-c3cc(CC(C)C)c(C)s3)o2)cc(C)c1OCC(O)CNC(=O)CO. The normalized spacial score (nSPS) is 12.2. The molecule has 0 aliphatic heterocycles. The minimum Gasteiger partial charge on any atom is -0.490 e. The van der Waals surface area contributed by atoms with Crippen LogP contribution in [0.15, 0.2) is 22.6 Å². The van der Waals surface area contributed by atoms with Crippen LogP contribution >= 0.6 is 11.3 Å². The molecule has 2 heterocycles. The molecule has 3 N–H and O–H groups in total. The van der Waals surface area contributed by atoms with Crippen molar-refractivity contribution in [2.24, 2.45) is 5.92 Å². The van der Waals surface area contributed by atoms with E-state index in [9.17, 15) is 9.90 Å². The van der Waals surface area contributed by atoms with E-state index in [2.05, 4.69) is 42.4 Å². The van der Waals surface area contributed by atoms with Crippen LogP contribution in [-0.2, 0) is 17.6 Å².